The van der Waals surface area contributed by atoms with E-state index < -0.39 is 31.7 Å². The topological polar surface area (TPSA) is 109 Å². The molecule has 0 rings (SSSR count). The largest absolute Gasteiger partial charge is 0.286 e. The molecule has 0 heterocycles. The molecule has 0 aromatic carbocycles. The van der Waals surface area contributed by atoms with Crippen LogP contribution in [0.1, 0.15) is 6.42 Å². The van der Waals surface area contributed by atoms with Crippen LogP contribution in [0.15, 0.2) is 12.2 Å². The molecule has 0 saturated heterocycles. The molecule has 0 atom stereocenters. The Bertz CT molecular complexity index is 362. The van der Waals surface area contributed by atoms with E-state index in [1.54, 1.807) is 0 Å². The average Bonchev–Trinajstić information content (AvgIpc) is 1.81. The fraction of sp³-hybridized carbons (Fsp3) is 0.600. The highest BCUT2D eigenvalue weighted by Crippen LogP contribution is 1.91. The van der Waals surface area contributed by atoms with Gasteiger partial charge in [0.1, 0.15) is 0 Å². The Morgan fingerprint density at radius 2 is 1.46 bits per heavy atom. The lowest BCUT2D eigenvalue weighted by molar-refractivity contribution is 0.482. The molecule has 0 bridgehead atoms. The molecule has 8 heteroatoms. The first kappa shape index (κ1) is 12.6. The molecular formula is C5H10O6S2. The minimum absolute atomic E-state index is 0.00829. The normalized spacial score (nSPS) is 13.7. The lowest BCUT2D eigenvalue weighted by atomic mass is 10.4. The van der Waals surface area contributed by atoms with Crippen molar-refractivity contribution < 1.29 is 25.9 Å². The average molecular weight is 230 g/mol. The molecule has 0 unspecified atom stereocenters. The summed E-state index contributed by atoms with van der Waals surface area (Å²) in [6.07, 6.45) is 2.37. The molecule has 78 valence electrons. The second kappa shape index (κ2) is 4.70. The van der Waals surface area contributed by atoms with E-state index in [1.807, 2.05) is 0 Å². The van der Waals surface area contributed by atoms with Crippen LogP contribution in [0, 0.1) is 0 Å². The van der Waals surface area contributed by atoms with Gasteiger partial charge in [0.2, 0.25) is 0 Å². The zero-order valence-corrected chi connectivity index (χ0v) is 8.25. The SMILES string of the molecule is O=S(=O)(O)CC=CCCS(=O)(=O)O. The van der Waals surface area contributed by atoms with Gasteiger partial charge in [0.15, 0.2) is 0 Å². The summed E-state index contributed by atoms with van der Waals surface area (Å²) in [6, 6.07) is 0. The van der Waals surface area contributed by atoms with Crippen molar-refractivity contribution in [2.45, 2.75) is 6.42 Å². The number of allylic oxidation sites excluding steroid dienone is 1. The third-order valence-electron chi connectivity index (χ3n) is 1.02. The zero-order chi connectivity index (χ0) is 10.5. The summed E-state index contributed by atoms with van der Waals surface area (Å²) in [5.74, 6) is -1.02. The van der Waals surface area contributed by atoms with Crippen molar-refractivity contribution >= 4 is 20.2 Å². The molecule has 0 aliphatic rings. The van der Waals surface area contributed by atoms with Crippen LogP contribution in [-0.2, 0) is 20.2 Å². The van der Waals surface area contributed by atoms with Crippen LogP contribution in [0.2, 0.25) is 0 Å². The van der Waals surface area contributed by atoms with Gasteiger partial charge in [-0.15, -0.1) is 0 Å². The quantitative estimate of drug-likeness (QED) is 0.496. The molecule has 0 fully saturated rings. The monoisotopic (exact) mass is 230 g/mol. The van der Waals surface area contributed by atoms with Crippen molar-refractivity contribution in [2.24, 2.45) is 0 Å². The van der Waals surface area contributed by atoms with E-state index in [9.17, 15) is 16.8 Å². The number of hydrogen-bond acceptors (Lipinski definition) is 4. The van der Waals surface area contributed by atoms with Crippen molar-refractivity contribution in [3.05, 3.63) is 12.2 Å². The van der Waals surface area contributed by atoms with Gasteiger partial charge >= 0.3 is 0 Å². The second-order valence-corrected chi connectivity index (χ2v) is 5.36. The van der Waals surface area contributed by atoms with Gasteiger partial charge in [0.25, 0.3) is 20.2 Å². The molecule has 0 aromatic rings. The third-order valence-corrected chi connectivity index (χ3v) is 2.38. The fourth-order valence-corrected chi connectivity index (χ4v) is 1.34. The summed E-state index contributed by atoms with van der Waals surface area (Å²) in [5.41, 5.74) is 0. The maximum atomic E-state index is 10.1. The van der Waals surface area contributed by atoms with E-state index in [2.05, 4.69) is 0 Å². The van der Waals surface area contributed by atoms with Crippen molar-refractivity contribution in [1.29, 1.82) is 0 Å². The second-order valence-electron chi connectivity index (χ2n) is 2.29. The molecule has 0 saturated carbocycles. The van der Waals surface area contributed by atoms with E-state index in [1.165, 1.54) is 6.08 Å². The van der Waals surface area contributed by atoms with Crippen LogP contribution in [0.4, 0.5) is 0 Å². The lowest BCUT2D eigenvalue weighted by Crippen LogP contribution is -2.03. The Morgan fingerprint density at radius 3 is 1.85 bits per heavy atom. The van der Waals surface area contributed by atoms with Crippen molar-refractivity contribution in [3.8, 4) is 0 Å². The molecule has 13 heavy (non-hydrogen) atoms. The van der Waals surface area contributed by atoms with E-state index in [-0.39, 0.29) is 6.42 Å². The Kier molecular flexibility index (Phi) is 4.54. The molecule has 0 spiro atoms. The Morgan fingerprint density at radius 1 is 0.923 bits per heavy atom. The summed E-state index contributed by atoms with van der Waals surface area (Å²) in [5, 5.41) is 0. The lowest BCUT2D eigenvalue weighted by Gasteiger charge is -1.90. The van der Waals surface area contributed by atoms with Crippen LogP contribution < -0.4 is 0 Å². The fourth-order valence-electron chi connectivity index (χ4n) is 0.524. The van der Waals surface area contributed by atoms with Gasteiger partial charge < -0.3 is 0 Å². The molecule has 0 radical (unpaired) electrons. The number of hydrogen-bond donors (Lipinski definition) is 2. The van der Waals surface area contributed by atoms with E-state index in [4.69, 9.17) is 9.11 Å². The Balaban J connectivity index is 3.80. The minimum Gasteiger partial charge on any atom is -0.286 e. The summed E-state index contributed by atoms with van der Waals surface area (Å²) in [7, 11) is -8.04. The van der Waals surface area contributed by atoms with Gasteiger partial charge in [-0.2, -0.15) is 16.8 Å². The highest BCUT2D eigenvalue weighted by atomic mass is 32.2. The molecule has 0 aromatic heterocycles. The van der Waals surface area contributed by atoms with Crippen LogP contribution in [-0.4, -0.2) is 37.4 Å². The van der Waals surface area contributed by atoms with Gasteiger partial charge in [-0.05, 0) is 6.42 Å². The van der Waals surface area contributed by atoms with E-state index in [0.717, 1.165) is 6.08 Å². The van der Waals surface area contributed by atoms with Gasteiger partial charge in [-0.25, -0.2) is 0 Å². The first-order valence-electron chi connectivity index (χ1n) is 3.26. The summed E-state index contributed by atoms with van der Waals surface area (Å²) in [6.45, 7) is 0. The third kappa shape index (κ3) is 11.6. The maximum Gasteiger partial charge on any atom is 0.268 e. The molecule has 0 aliphatic heterocycles. The molecular weight excluding hydrogens is 220 g/mol. The molecule has 0 amide bonds. The van der Waals surface area contributed by atoms with Gasteiger partial charge in [0, 0.05) is 0 Å². The Hall–Kier alpha value is -0.440. The first-order chi connectivity index (χ1) is 5.71. The molecule has 0 aliphatic carbocycles. The van der Waals surface area contributed by atoms with E-state index in [0.29, 0.717) is 0 Å². The Labute approximate surface area is 76.8 Å². The van der Waals surface area contributed by atoms with Gasteiger partial charge in [-0.3, -0.25) is 9.11 Å². The highest BCUT2D eigenvalue weighted by molar-refractivity contribution is 7.86. The first-order valence-corrected chi connectivity index (χ1v) is 6.48. The summed E-state index contributed by atoms with van der Waals surface area (Å²) < 4.78 is 57.0. The minimum atomic E-state index is -4.04. The number of rotatable bonds is 5. The molecule has 6 nitrogen and oxygen atoms in total. The summed E-state index contributed by atoms with van der Waals surface area (Å²) >= 11 is 0. The van der Waals surface area contributed by atoms with Crippen LogP contribution in [0.25, 0.3) is 0 Å². The van der Waals surface area contributed by atoms with Crippen LogP contribution in [0.5, 0.6) is 0 Å². The molecule has 2 N–H and O–H groups in total. The standard InChI is InChI=1S/C5H10O6S2/c6-12(7,8)4-2-1-3-5-13(9,10)11/h1-2H,3-5H2,(H,6,7,8)(H,9,10,11). The van der Waals surface area contributed by atoms with Crippen LogP contribution in [0.3, 0.4) is 0 Å². The predicted octanol–water partition coefficient (Wildman–Crippen LogP) is -0.292. The van der Waals surface area contributed by atoms with Gasteiger partial charge in [-0.1, -0.05) is 12.2 Å². The maximum absolute atomic E-state index is 10.1. The van der Waals surface area contributed by atoms with E-state index >= 15 is 0 Å². The predicted molar refractivity (Wildman–Crippen MR) is 46.6 cm³/mol. The zero-order valence-electron chi connectivity index (χ0n) is 6.62. The smallest absolute Gasteiger partial charge is 0.268 e. The summed E-state index contributed by atoms with van der Waals surface area (Å²) in [4.78, 5) is 0. The van der Waals surface area contributed by atoms with Crippen molar-refractivity contribution in [1.82, 2.24) is 0 Å². The highest BCUT2D eigenvalue weighted by Gasteiger charge is 2.02. The van der Waals surface area contributed by atoms with Crippen LogP contribution >= 0.6 is 0 Å². The van der Waals surface area contributed by atoms with Crippen molar-refractivity contribution in [2.75, 3.05) is 11.5 Å². The van der Waals surface area contributed by atoms with Crippen molar-refractivity contribution in [3.63, 3.8) is 0 Å². The van der Waals surface area contributed by atoms with Gasteiger partial charge in [0.05, 0.1) is 11.5 Å².